The summed E-state index contributed by atoms with van der Waals surface area (Å²) in [6, 6.07) is 8.08. The molecule has 2 N–H and O–H groups in total. The zero-order valence-electron chi connectivity index (χ0n) is 14.5. The van der Waals surface area contributed by atoms with Gasteiger partial charge >= 0.3 is 0 Å². The fraction of sp³-hybridized carbons (Fsp3) is 0.368. The van der Waals surface area contributed by atoms with Gasteiger partial charge in [-0.25, -0.2) is 0 Å². The second kappa shape index (κ2) is 6.74. The van der Waals surface area contributed by atoms with Crippen LogP contribution in [0.2, 0.25) is 0 Å². The van der Waals surface area contributed by atoms with Crippen molar-refractivity contribution in [2.45, 2.75) is 18.9 Å². The van der Waals surface area contributed by atoms with Crippen LogP contribution in [0, 0.1) is 0 Å². The molecular weight excluding hydrogens is 352 g/mol. The Kier molecular flexibility index (Phi) is 4.42. The third kappa shape index (κ3) is 2.97. The second-order valence-electron chi connectivity index (χ2n) is 6.50. The Balaban J connectivity index is 1.61. The zero-order chi connectivity index (χ0) is 18.3. The van der Waals surface area contributed by atoms with Crippen molar-refractivity contribution in [3.63, 3.8) is 0 Å². The standard InChI is InChI=1S/C19H20N2O4S/c1-24-13-4-5-14-11(8-13)2-3-12-9-16(26-17(12)14)19(23)21-6-7-25-15(10-21)18(20)22/h4-5,8-9,15H,2-3,6-7,10H2,1H3,(H2,20,22)/t15-/m1/s1. The number of amides is 2. The van der Waals surface area contributed by atoms with E-state index in [1.165, 1.54) is 28.0 Å². The van der Waals surface area contributed by atoms with Gasteiger partial charge in [-0.05, 0) is 53.8 Å². The van der Waals surface area contributed by atoms with E-state index in [-0.39, 0.29) is 12.5 Å². The summed E-state index contributed by atoms with van der Waals surface area (Å²) in [4.78, 5) is 27.8. The minimum Gasteiger partial charge on any atom is -0.497 e. The molecule has 2 heterocycles. The van der Waals surface area contributed by atoms with Crippen molar-refractivity contribution in [2.24, 2.45) is 5.73 Å². The Labute approximate surface area is 155 Å². The van der Waals surface area contributed by atoms with Gasteiger partial charge in [0.05, 0.1) is 25.1 Å². The molecule has 0 bridgehead atoms. The van der Waals surface area contributed by atoms with Crippen LogP contribution in [-0.2, 0) is 22.4 Å². The molecule has 7 heteroatoms. The SMILES string of the molecule is COc1ccc2c(c1)CCc1cc(C(=O)N3CCO[C@@H](C(N)=O)C3)sc1-2. The summed E-state index contributed by atoms with van der Waals surface area (Å²) >= 11 is 1.51. The van der Waals surface area contributed by atoms with E-state index in [2.05, 4.69) is 12.1 Å². The number of benzene rings is 1. The number of hydrogen-bond acceptors (Lipinski definition) is 5. The fourth-order valence-corrected chi connectivity index (χ4v) is 4.74. The molecule has 2 aromatic rings. The predicted molar refractivity (Wildman–Crippen MR) is 98.6 cm³/mol. The first-order valence-corrected chi connectivity index (χ1v) is 9.38. The number of methoxy groups -OCH3 is 1. The third-order valence-electron chi connectivity index (χ3n) is 4.91. The summed E-state index contributed by atoms with van der Waals surface area (Å²) < 4.78 is 10.6. The first kappa shape index (κ1) is 17.1. The molecule has 1 aliphatic carbocycles. The zero-order valence-corrected chi connectivity index (χ0v) is 15.3. The molecule has 0 radical (unpaired) electrons. The van der Waals surface area contributed by atoms with Crippen molar-refractivity contribution in [2.75, 3.05) is 26.8 Å². The normalized spacial score (nSPS) is 18.8. The molecule has 1 fully saturated rings. The van der Waals surface area contributed by atoms with Crippen LogP contribution in [0.15, 0.2) is 24.3 Å². The molecule has 1 atom stereocenters. The number of carbonyl (C=O) groups is 2. The molecule has 136 valence electrons. The molecule has 2 aliphatic rings. The number of nitrogens with two attached hydrogens (primary N) is 1. The third-order valence-corrected chi connectivity index (χ3v) is 6.11. The van der Waals surface area contributed by atoms with Crippen LogP contribution >= 0.6 is 11.3 Å². The second-order valence-corrected chi connectivity index (χ2v) is 7.55. The van der Waals surface area contributed by atoms with Crippen LogP contribution < -0.4 is 10.5 Å². The lowest BCUT2D eigenvalue weighted by atomic mass is 9.91. The van der Waals surface area contributed by atoms with Crippen LogP contribution in [0.25, 0.3) is 10.4 Å². The number of carbonyl (C=O) groups excluding carboxylic acids is 2. The molecule has 6 nitrogen and oxygen atoms in total. The fourth-order valence-electron chi connectivity index (χ4n) is 3.50. The number of primary amides is 1. The number of hydrogen-bond donors (Lipinski definition) is 1. The number of morpholine rings is 1. The Hall–Kier alpha value is -2.38. The summed E-state index contributed by atoms with van der Waals surface area (Å²) in [5.41, 5.74) is 8.94. The highest BCUT2D eigenvalue weighted by Gasteiger charge is 2.30. The van der Waals surface area contributed by atoms with Crippen LogP contribution in [0.5, 0.6) is 5.75 Å². The molecule has 1 aromatic heterocycles. The molecule has 1 aliphatic heterocycles. The number of thiophene rings is 1. The Morgan fingerprint density at radius 1 is 1.27 bits per heavy atom. The van der Waals surface area contributed by atoms with Crippen molar-refractivity contribution < 1.29 is 19.1 Å². The lowest BCUT2D eigenvalue weighted by Crippen LogP contribution is -2.50. The van der Waals surface area contributed by atoms with Crippen molar-refractivity contribution in [3.8, 4) is 16.2 Å². The van der Waals surface area contributed by atoms with E-state index in [9.17, 15) is 9.59 Å². The first-order chi connectivity index (χ1) is 12.6. The maximum Gasteiger partial charge on any atom is 0.264 e. The Bertz CT molecular complexity index is 876. The van der Waals surface area contributed by atoms with Crippen molar-refractivity contribution in [3.05, 3.63) is 40.3 Å². The van der Waals surface area contributed by atoms with Crippen molar-refractivity contribution >= 4 is 23.2 Å². The lowest BCUT2D eigenvalue weighted by molar-refractivity contribution is -0.133. The van der Waals surface area contributed by atoms with Crippen LogP contribution in [0.4, 0.5) is 0 Å². The summed E-state index contributed by atoms with van der Waals surface area (Å²) in [7, 11) is 1.67. The van der Waals surface area contributed by atoms with Crippen molar-refractivity contribution in [1.29, 1.82) is 0 Å². The number of fused-ring (bicyclic) bond motifs is 3. The van der Waals surface area contributed by atoms with Gasteiger partial charge in [-0.1, -0.05) is 0 Å². The lowest BCUT2D eigenvalue weighted by Gasteiger charge is -2.31. The Morgan fingerprint density at radius 2 is 2.08 bits per heavy atom. The van der Waals surface area contributed by atoms with E-state index in [0.717, 1.165) is 23.5 Å². The summed E-state index contributed by atoms with van der Waals surface area (Å²) in [6.45, 7) is 1.01. The molecule has 0 saturated carbocycles. The average Bonchev–Trinajstić information content (AvgIpc) is 3.11. The number of nitrogens with zero attached hydrogens (tertiary/aromatic N) is 1. The number of aryl methyl sites for hydroxylation is 2. The highest BCUT2D eigenvalue weighted by atomic mass is 32.1. The largest absolute Gasteiger partial charge is 0.497 e. The van der Waals surface area contributed by atoms with Crippen LogP contribution in [0.1, 0.15) is 20.8 Å². The van der Waals surface area contributed by atoms with Gasteiger partial charge in [0, 0.05) is 11.4 Å². The average molecular weight is 372 g/mol. The maximum absolute atomic E-state index is 12.9. The minimum absolute atomic E-state index is 0.0611. The molecule has 26 heavy (non-hydrogen) atoms. The predicted octanol–water partition coefficient (Wildman–Crippen LogP) is 1.85. The quantitative estimate of drug-likeness (QED) is 0.891. The number of ether oxygens (including phenoxy) is 2. The van der Waals surface area contributed by atoms with Gasteiger partial charge in [0.2, 0.25) is 5.91 Å². The number of rotatable bonds is 3. The molecule has 0 unspecified atom stereocenters. The van der Waals surface area contributed by atoms with E-state index in [4.69, 9.17) is 15.2 Å². The van der Waals surface area contributed by atoms with Gasteiger partial charge in [-0.2, -0.15) is 0 Å². The van der Waals surface area contributed by atoms with E-state index in [1.54, 1.807) is 12.0 Å². The highest BCUT2D eigenvalue weighted by Crippen LogP contribution is 2.41. The van der Waals surface area contributed by atoms with Gasteiger partial charge in [0.1, 0.15) is 5.75 Å². The maximum atomic E-state index is 12.9. The Morgan fingerprint density at radius 3 is 2.85 bits per heavy atom. The molecule has 1 saturated heterocycles. The minimum atomic E-state index is -0.726. The van der Waals surface area contributed by atoms with E-state index in [0.29, 0.717) is 18.0 Å². The van der Waals surface area contributed by atoms with Crippen molar-refractivity contribution in [1.82, 2.24) is 4.90 Å². The van der Waals surface area contributed by atoms with Crippen LogP contribution in [-0.4, -0.2) is 49.6 Å². The van der Waals surface area contributed by atoms with Gasteiger partial charge in [-0.15, -0.1) is 11.3 Å². The molecule has 2 amide bonds. The van der Waals surface area contributed by atoms with E-state index >= 15 is 0 Å². The van der Waals surface area contributed by atoms with E-state index < -0.39 is 12.0 Å². The molecule has 0 spiro atoms. The topological polar surface area (TPSA) is 81.9 Å². The van der Waals surface area contributed by atoms with Gasteiger partial charge in [0.15, 0.2) is 6.10 Å². The summed E-state index contributed by atoms with van der Waals surface area (Å²) in [5, 5.41) is 0. The first-order valence-electron chi connectivity index (χ1n) is 8.57. The monoisotopic (exact) mass is 372 g/mol. The van der Waals surface area contributed by atoms with Gasteiger partial charge in [-0.3, -0.25) is 9.59 Å². The summed E-state index contributed by atoms with van der Waals surface area (Å²) in [6.07, 6.45) is 1.12. The molecular formula is C19H20N2O4S. The molecule has 1 aromatic carbocycles. The van der Waals surface area contributed by atoms with Crippen LogP contribution in [0.3, 0.4) is 0 Å². The summed E-state index contributed by atoms with van der Waals surface area (Å²) in [5.74, 6) is 0.260. The highest BCUT2D eigenvalue weighted by molar-refractivity contribution is 7.17. The smallest absolute Gasteiger partial charge is 0.264 e. The van der Waals surface area contributed by atoms with Gasteiger partial charge < -0.3 is 20.1 Å². The molecule has 4 rings (SSSR count). The van der Waals surface area contributed by atoms with E-state index in [1.807, 2.05) is 12.1 Å². The van der Waals surface area contributed by atoms with Gasteiger partial charge in [0.25, 0.3) is 5.91 Å².